The van der Waals surface area contributed by atoms with Crippen LogP contribution in [0.5, 0.6) is 0 Å². The minimum absolute atomic E-state index is 0.0520. The fourth-order valence-corrected chi connectivity index (χ4v) is 2.58. The quantitative estimate of drug-likeness (QED) is 0.535. The molecule has 3 heteroatoms. The molecule has 1 aliphatic rings. The van der Waals surface area contributed by atoms with Gasteiger partial charge in [-0.05, 0) is 32.6 Å². The molecule has 1 aliphatic carbocycles. The third-order valence-electron chi connectivity index (χ3n) is 4.11. The predicted molar refractivity (Wildman–Crippen MR) is 85.8 cm³/mol. The summed E-state index contributed by atoms with van der Waals surface area (Å²) in [6.07, 6.45) is 12.4. The lowest BCUT2D eigenvalue weighted by Crippen LogP contribution is -2.47. The highest BCUT2D eigenvalue weighted by Crippen LogP contribution is 2.19. The zero-order valence-corrected chi connectivity index (χ0v) is 13.7. The molecule has 0 saturated heterocycles. The highest BCUT2D eigenvalue weighted by atomic mass is 16.2. The molecule has 0 bridgehead atoms. The molecule has 118 valence electrons. The van der Waals surface area contributed by atoms with Crippen molar-refractivity contribution in [1.29, 1.82) is 0 Å². The van der Waals surface area contributed by atoms with Crippen LogP contribution in [0.1, 0.15) is 85.0 Å². The van der Waals surface area contributed by atoms with E-state index in [1.54, 1.807) is 0 Å². The van der Waals surface area contributed by atoms with Crippen LogP contribution in [-0.4, -0.2) is 24.0 Å². The molecule has 0 aromatic rings. The first-order chi connectivity index (χ1) is 9.67. The van der Waals surface area contributed by atoms with Gasteiger partial charge >= 0.3 is 0 Å². The van der Waals surface area contributed by atoms with Crippen LogP contribution in [-0.2, 0) is 4.79 Å². The molecule has 0 radical (unpaired) electrons. The molecule has 0 aliphatic heterocycles. The Morgan fingerprint density at radius 3 is 2.05 bits per heavy atom. The van der Waals surface area contributed by atoms with Crippen LogP contribution in [0.25, 0.3) is 0 Å². The van der Waals surface area contributed by atoms with Gasteiger partial charge in [0, 0.05) is 12.1 Å². The molecular weight excluding hydrogens is 248 g/mol. The number of hydrogen-bond acceptors (Lipinski definition) is 2. The van der Waals surface area contributed by atoms with Gasteiger partial charge in [-0.25, -0.2) is 0 Å². The van der Waals surface area contributed by atoms with Crippen molar-refractivity contribution in [3.05, 3.63) is 0 Å². The SMILES string of the molecule is CCCCCC(CCCCC)NC(C)C(=O)NC1CC1. The highest BCUT2D eigenvalue weighted by Gasteiger charge is 2.26. The lowest BCUT2D eigenvalue weighted by atomic mass is 10.0. The maximum absolute atomic E-state index is 12.0. The fraction of sp³-hybridized carbons (Fsp3) is 0.941. The Bertz CT molecular complexity index is 254. The zero-order valence-electron chi connectivity index (χ0n) is 13.7. The summed E-state index contributed by atoms with van der Waals surface area (Å²) >= 11 is 0. The molecule has 0 aromatic carbocycles. The van der Waals surface area contributed by atoms with Gasteiger partial charge in [0.25, 0.3) is 0 Å². The Kier molecular flexibility index (Phi) is 8.92. The molecule has 1 fully saturated rings. The molecule has 0 aromatic heterocycles. The molecule has 2 N–H and O–H groups in total. The average molecular weight is 282 g/mol. The van der Waals surface area contributed by atoms with Crippen LogP contribution in [0.3, 0.4) is 0 Å². The van der Waals surface area contributed by atoms with E-state index < -0.39 is 0 Å². The van der Waals surface area contributed by atoms with Gasteiger partial charge in [0.15, 0.2) is 0 Å². The summed E-state index contributed by atoms with van der Waals surface area (Å²) in [5, 5.41) is 6.65. The van der Waals surface area contributed by atoms with Gasteiger partial charge in [-0.2, -0.15) is 0 Å². The number of hydrogen-bond donors (Lipinski definition) is 2. The number of rotatable bonds is 12. The Balaban J connectivity index is 2.29. The largest absolute Gasteiger partial charge is 0.352 e. The highest BCUT2D eigenvalue weighted by molar-refractivity contribution is 5.81. The summed E-state index contributed by atoms with van der Waals surface area (Å²) in [6.45, 7) is 6.49. The van der Waals surface area contributed by atoms with Gasteiger partial charge in [-0.3, -0.25) is 4.79 Å². The molecule has 0 heterocycles. The number of unbranched alkanes of at least 4 members (excludes halogenated alkanes) is 4. The Morgan fingerprint density at radius 2 is 1.60 bits per heavy atom. The van der Waals surface area contributed by atoms with Gasteiger partial charge in [-0.15, -0.1) is 0 Å². The van der Waals surface area contributed by atoms with Crippen molar-refractivity contribution < 1.29 is 4.79 Å². The standard InChI is InChI=1S/C17H34N2O/c1-4-6-8-10-15(11-9-7-5-2)18-14(3)17(20)19-16-12-13-16/h14-16,18H,4-13H2,1-3H3,(H,19,20). The first-order valence-corrected chi connectivity index (χ1v) is 8.73. The van der Waals surface area contributed by atoms with Gasteiger partial charge in [0.1, 0.15) is 0 Å². The van der Waals surface area contributed by atoms with E-state index in [2.05, 4.69) is 24.5 Å². The van der Waals surface area contributed by atoms with Crippen LogP contribution < -0.4 is 10.6 Å². The van der Waals surface area contributed by atoms with E-state index >= 15 is 0 Å². The van der Waals surface area contributed by atoms with Crippen molar-refractivity contribution in [3.8, 4) is 0 Å². The van der Waals surface area contributed by atoms with Crippen molar-refractivity contribution in [2.45, 2.75) is 103 Å². The second-order valence-electron chi connectivity index (χ2n) is 6.36. The minimum atomic E-state index is -0.0520. The van der Waals surface area contributed by atoms with E-state index in [1.807, 2.05) is 6.92 Å². The number of carbonyl (C=O) groups is 1. The number of nitrogens with one attached hydrogen (secondary N) is 2. The van der Waals surface area contributed by atoms with Crippen molar-refractivity contribution in [2.75, 3.05) is 0 Å². The van der Waals surface area contributed by atoms with E-state index in [4.69, 9.17) is 0 Å². The molecule has 1 rings (SSSR count). The second-order valence-corrected chi connectivity index (χ2v) is 6.36. The van der Waals surface area contributed by atoms with Gasteiger partial charge in [-0.1, -0.05) is 52.4 Å². The first-order valence-electron chi connectivity index (χ1n) is 8.73. The van der Waals surface area contributed by atoms with E-state index in [0.29, 0.717) is 12.1 Å². The van der Waals surface area contributed by atoms with Crippen molar-refractivity contribution >= 4 is 5.91 Å². The molecular formula is C17H34N2O. The van der Waals surface area contributed by atoms with Gasteiger partial charge in [0.2, 0.25) is 5.91 Å². The van der Waals surface area contributed by atoms with E-state index in [0.717, 1.165) is 12.8 Å². The Labute approximate surface area is 125 Å². The molecule has 1 amide bonds. The topological polar surface area (TPSA) is 41.1 Å². The fourth-order valence-electron chi connectivity index (χ4n) is 2.58. The van der Waals surface area contributed by atoms with Crippen LogP contribution in [0, 0.1) is 0 Å². The lowest BCUT2D eigenvalue weighted by Gasteiger charge is -2.23. The maximum Gasteiger partial charge on any atom is 0.237 e. The molecule has 3 nitrogen and oxygen atoms in total. The van der Waals surface area contributed by atoms with Crippen LogP contribution >= 0.6 is 0 Å². The monoisotopic (exact) mass is 282 g/mol. The normalized spacial score (nSPS) is 16.4. The van der Waals surface area contributed by atoms with Crippen molar-refractivity contribution in [3.63, 3.8) is 0 Å². The second kappa shape index (κ2) is 10.2. The Morgan fingerprint density at radius 1 is 1.05 bits per heavy atom. The predicted octanol–water partition coefficient (Wildman–Crippen LogP) is 3.77. The summed E-state index contributed by atoms with van der Waals surface area (Å²) < 4.78 is 0. The van der Waals surface area contributed by atoms with Crippen LogP contribution in [0.15, 0.2) is 0 Å². The molecule has 0 spiro atoms. The lowest BCUT2D eigenvalue weighted by molar-refractivity contribution is -0.123. The molecule has 1 unspecified atom stereocenters. The summed E-state index contributed by atoms with van der Waals surface area (Å²) in [6, 6.07) is 0.919. The summed E-state index contributed by atoms with van der Waals surface area (Å²) in [5.74, 6) is 0.184. The van der Waals surface area contributed by atoms with Crippen LogP contribution in [0.2, 0.25) is 0 Å². The van der Waals surface area contributed by atoms with Gasteiger partial charge in [0.05, 0.1) is 6.04 Å². The zero-order chi connectivity index (χ0) is 14.8. The molecule has 1 atom stereocenters. The molecule has 20 heavy (non-hydrogen) atoms. The maximum atomic E-state index is 12.0. The first kappa shape index (κ1) is 17.5. The van der Waals surface area contributed by atoms with Gasteiger partial charge < -0.3 is 10.6 Å². The summed E-state index contributed by atoms with van der Waals surface area (Å²) in [7, 11) is 0. The number of amides is 1. The summed E-state index contributed by atoms with van der Waals surface area (Å²) in [5.41, 5.74) is 0. The van der Waals surface area contributed by atoms with E-state index in [1.165, 1.54) is 51.4 Å². The summed E-state index contributed by atoms with van der Waals surface area (Å²) in [4.78, 5) is 12.0. The van der Waals surface area contributed by atoms with E-state index in [9.17, 15) is 4.79 Å². The Hall–Kier alpha value is -0.570. The molecule has 1 saturated carbocycles. The van der Waals surface area contributed by atoms with Crippen LogP contribution in [0.4, 0.5) is 0 Å². The third-order valence-corrected chi connectivity index (χ3v) is 4.11. The van der Waals surface area contributed by atoms with E-state index in [-0.39, 0.29) is 11.9 Å². The minimum Gasteiger partial charge on any atom is -0.352 e. The third kappa shape index (κ3) is 7.88. The van der Waals surface area contributed by atoms with Crippen molar-refractivity contribution in [1.82, 2.24) is 10.6 Å². The van der Waals surface area contributed by atoms with Crippen molar-refractivity contribution in [2.24, 2.45) is 0 Å². The average Bonchev–Trinajstić information content (AvgIpc) is 3.22. The smallest absolute Gasteiger partial charge is 0.237 e. The number of carbonyl (C=O) groups excluding carboxylic acids is 1.